The zero-order valence-electron chi connectivity index (χ0n) is 11.1. The van der Waals surface area contributed by atoms with Crippen molar-refractivity contribution < 1.29 is 4.42 Å². The van der Waals surface area contributed by atoms with Gasteiger partial charge in [0.15, 0.2) is 0 Å². The van der Waals surface area contributed by atoms with Gasteiger partial charge in [-0.25, -0.2) is 0 Å². The molecule has 1 aromatic heterocycles. The summed E-state index contributed by atoms with van der Waals surface area (Å²) in [7, 11) is 0. The van der Waals surface area contributed by atoms with Crippen molar-refractivity contribution in [2.45, 2.75) is 45.3 Å². The van der Waals surface area contributed by atoms with Crippen molar-refractivity contribution in [1.29, 1.82) is 0 Å². The number of hydrogen-bond acceptors (Lipinski definition) is 3. The first kappa shape index (κ1) is 12.0. The number of furan rings is 1. The Labute approximate surface area is 109 Å². The van der Waals surface area contributed by atoms with Gasteiger partial charge in [0.25, 0.3) is 0 Å². The van der Waals surface area contributed by atoms with E-state index in [9.17, 15) is 0 Å². The Morgan fingerprint density at radius 2 is 2.33 bits per heavy atom. The highest BCUT2D eigenvalue weighted by Gasteiger charge is 2.21. The zero-order chi connectivity index (χ0) is 12.4. The molecule has 3 rings (SSSR count). The van der Waals surface area contributed by atoms with E-state index in [1.807, 2.05) is 6.26 Å². The van der Waals surface area contributed by atoms with Gasteiger partial charge in [-0.2, -0.15) is 0 Å². The summed E-state index contributed by atoms with van der Waals surface area (Å²) in [5, 5.41) is 3.52. The fourth-order valence-corrected chi connectivity index (χ4v) is 2.55. The van der Waals surface area contributed by atoms with Crippen LogP contribution >= 0.6 is 0 Å². The molecule has 1 fully saturated rings. The van der Waals surface area contributed by atoms with Crippen LogP contribution in [0.25, 0.3) is 0 Å². The molecule has 1 aliphatic carbocycles. The van der Waals surface area contributed by atoms with Gasteiger partial charge in [0.1, 0.15) is 5.76 Å². The van der Waals surface area contributed by atoms with Crippen LogP contribution in [0.1, 0.15) is 37.5 Å². The molecule has 0 aromatic carbocycles. The molecule has 3 nitrogen and oxygen atoms in total. The Balaban J connectivity index is 1.57. The molecule has 1 aliphatic heterocycles. The normalized spacial score (nSPS) is 21.1. The minimum Gasteiger partial charge on any atom is -0.468 e. The molecule has 1 saturated carbocycles. The molecule has 98 valence electrons. The zero-order valence-corrected chi connectivity index (χ0v) is 11.1. The number of hydrogen-bond donors (Lipinski definition) is 1. The van der Waals surface area contributed by atoms with Crippen molar-refractivity contribution in [1.82, 2.24) is 10.2 Å². The molecule has 2 heterocycles. The lowest BCUT2D eigenvalue weighted by Crippen LogP contribution is -2.29. The van der Waals surface area contributed by atoms with Crippen LogP contribution in [0.5, 0.6) is 0 Å². The predicted octanol–water partition coefficient (Wildman–Crippen LogP) is 2.68. The number of rotatable bonds is 5. The maximum Gasteiger partial charge on any atom is 0.122 e. The van der Waals surface area contributed by atoms with Gasteiger partial charge in [0.2, 0.25) is 0 Å². The largest absolute Gasteiger partial charge is 0.468 e. The molecule has 0 spiro atoms. The van der Waals surface area contributed by atoms with Gasteiger partial charge < -0.3 is 9.73 Å². The average Bonchev–Trinajstić information content (AvgIpc) is 3.08. The summed E-state index contributed by atoms with van der Waals surface area (Å²) in [6, 6.07) is 2.86. The third-order valence-corrected chi connectivity index (χ3v) is 3.77. The first-order valence-electron chi connectivity index (χ1n) is 6.98. The maximum absolute atomic E-state index is 5.61. The first-order valence-corrected chi connectivity index (χ1v) is 6.98. The van der Waals surface area contributed by atoms with Gasteiger partial charge in [-0.3, -0.25) is 4.90 Å². The van der Waals surface area contributed by atoms with E-state index in [2.05, 4.69) is 29.3 Å². The van der Waals surface area contributed by atoms with Crippen molar-refractivity contribution in [2.24, 2.45) is 0 Å². The molecule has 2 aliphatic rings. The fraction of sp³-hybridized carbons (Fsp3) is 0.600. The van der Waals surface area contributed by atoms with E-state index < -0.39 is 0 Å². The van der Waals surface area contributed by atoms with Crippen LogP contribution in [0.3, 0.4) is 0 Å². The third-order valence-electron chi connectivity index (χ3n) is 3.77. The van der Waals surface area contributed by atoms with Crippen LogP contribution in [0.4, 0.5) is 0 Å². The topological polar surface area (TPSA) is 28.4 Å². The second-order valence-electron chi connectivity index (χ2n) is 5.57. The minimum atomic E-state index is 0.739. The third kappa shape index (κ3) is 3.03. The van der Waals surface area contributed by atoms with Crippen LogP contribution in [-0.2, 0) is 13.1 Å². The molecule has 1 N–H and O–H groups in total. The Bertz CT molecular complexity index is 431. The molecule has 0 atom stereocenters. The summed E-state index contributed by atoms with van der Waals surface area (Å²) in [6.07, 6.45) is 8.00. The van der Waals surface area contributed by atoms with Gasteiger partial charge >= 0.3 is 0 Å². The second kappa shape index (κ2) is 5.29. The summed E-state index contributed by atoms with van der Waals surface area (Å²) in [5.74, 6) is 1.12. The molecule has 0 saturated heterocycles. The molecular formula is C15H22N2O. The van der Waals surface area contributed by atoms with Crippen LogP contribution in [0, 0.1) is 0 Å². The van der Waals surface area contributed by atoms with Gasteiger partial charge in [-0.05, 0) is 32.3 Å². The minimum absolute atomic E-state index is 0.739. The van der Waals surface area contributed by atoms with E-state index in [1.165, 1.54) is 30.4 Å². The first-order chi connectivity index (χ1) is 8.81. The van der Waals surface area contributed by atoms with E-state index in [0.717, 1.165) is 38.0 Å². The van der Waals surface area contributed by atoms with Crippen molar-refractivity contribution >= 4 is 0 Å². The van der Waals surface area contributed by atoms with Crippen molar-refractivity contribution in [3.8, 4) is 0 Å². The quantitative estimate of drug-likeness (QED) is 0.810. The highest BCUT2D eigenvalue weighted by atomic mass is 16.3. The summed E-state index contributed by atoms with van der Waals surface area (Å²) in [6.45, 7) is 6.38. The number of nitrogens with zero attached hydrogens (tertiary/aromatic N) is 1. The van der Waals surface area contributed by atoms with Gasteiger partial charge in [-0.15, -0.1) is 0 Å². The fourth-order valence-electron chi connectivity index (χ4n) is 2.55. The Morgan fingerprint density at radius 3 is 3.11 bits per heavy atom. The lowest BCUT2D eigenvalue weighted by atomic mass is 10.1. The van der Waals surface area contributed by atoms with Gasteiger partial charge in [-0.1, -0.05) is 11.6 Å². The summed E-state index contributed by atoms with van der Waals surface area (Å²) >= 11 is 0. The summed E-state index contributed by atoms with van der Waals surface area (Å²) in [5.41, 5.74) is 2.83. The lowest BCUT2D eigenvalue weighted by molar-refractivity contribution is 0.279. The molecule has 0 amide bonds. The lowest BCUT2D eigenvalue weighted by Gasteiger charge is -2.25. The predicted molar refractivity (Wildman–Crippen MR) is 72.2 cm³/mol. The van der Waals surface area contributed by atoms with Crippen LogP contribution in [0.2, 0.25) is 0 Å². The van der Waals surface area contributed by atoms with E-state index in [1.54, 1.807) is 0 Å². The molecule has 1 aromatic rings. The Morgan fingerprint density at radius 1 is 1.44 bits per heavy atom. The van der Waals surface area contributed by atoms with Crippen molar-refractivity contribution in [2.75, 3.05) is 13.1 Å². The van der Waals surface area contributed by atoms with Crippen molar-refractivity contribution in [3.05, 3.63) is 35.3 Å². The van der Waals surface area contributed by atoms with Crippen LogP contribution < -0.4 is 5.32 Å². The monoisotopic (exact) mass is 246 g/mol. The molecular weight excluding hydrogens is 224 g/mol. The smallest absolute Gasteiger partial charge is 0.122 e. The summed E-state index contributed by atoms with van der Waals surface area (Å²) in [4.78, 5) is 2.50. The van der Waals surface area contributed by atoms with E-state index in [-0.39, 0.29) is 0 Å². The number of nitrogens with one attached hydrogen (secondary N) is 1. The van der Waals surface area contributed by atoms with Gasteiger partial charge in [0.05, 0.1) is 12.8 Å². The van der Waals surface area contributed by atoms with E-state index in [0.29, 0.717) is 0 Å². The molecule has 0 unspecified atom stereocenters. The average molecular weight is 246 g/mol. The van der Waals surface area contributed by atoms with Crippen molar-refractivity contribution in [3.63, 3.8) is 0 Å². The molecule has 18 heavy (non-hydrogen) atoms. The SMILES string of the molecule is CC1=CCCN(Cc2ccoc2CNC2CC2)C1. The standard InChI is InChI=1S/C15H22N2O/c1-12-3-2-7-17(10-12)11-13-6-8-18-15(13)9-16-14-4-5-14/h3,6,8,14,16H,2,4-5,7,9-11H2,1H3. The Hall–Kier alpha value is -1.06. The van der Waals surface area contributed by atoms with Crippen LogP contribution in [0.15, 0.2) is 28.4 Å². The Kier molecular flexibility index (Phi) is 3.52. The van der Waals surface area contributed by atoms with E-state index in [4.69, 9.17) is 4.42 Å². The second-order valence-corrected chi connectivity index (χ2v) is 5.57. The van der Waals surface area contributed by atoms with Crippen LogP contribution in [-0.4, -0.2) is 24.0 Å². The molecule has 0 radical (unpaired) electrons. The van der Waals surface area contributed by atoms with Gasteiger partial charge in [0, 0.05) is 31.2 Å². The molecule has 3 heteroatoms. The molecule has 0 bridgehead atoms. The maximum atomic E-state index is 5.61. The summed E-state index contributed by atoms with van der Waals surface area (Å²) < 4.78 is 5.61. The highest BCUT2D eigenvalue weighted by molar-refractivity contribution is 5.18. The highest BCUT2D eigenvalue weighted by Crippen LogP contribution is 2.21. The van der Waals surface area contributed by atoms with E-state index >= 15 is 0 Å².